The van der Waals surface area contributed by atoms with Crippen LogP contribution >= 0.6 is 0 Å². The molecule has 0 atom stereocenters. The van der Waals surface area contributed by atoms with Crippen LogP contribution in [0.25, 0.3) is 11.4 Å². The topological polar surface area (TPSA) is 99.3 Å². The molecule has 118 valence electrons. The molecule has 0 aliphatic rings. The van der Waals surface area contributed by atoms with E-state index in [-0.39, 0.29) is 5.91 Å². The maximum absolute atomic E-state index is 12.2. The lowest BCUT2D eigenvalue weighted by molar-refractivity contribution is -0.116. The molecule has 0 bridgehead atoms. The smallest absolute Gasteiger partial charge is 0.224 e. The molecule has 0 radical (unpaired) electrons. The van der Waals surface area contributed by atoms with Gasteiger partial charge in [0.05, 0.1) is 5.69 Å². The molecule has 1 amide bonds. The molecule has 3 N–H and O–H groups in total. The van der Waals surface area contributed by atoms with Crippen LogP contribution in [-0.2, 0) is 11.2 Å². The van der Waals surface area contributed by atoms with Crippen LogP contribution in [0.2, 0.25) is 0 Å². The number of H-pyrrole nitrogens is 2. The van der Waals surface area contributed by atoms with Crippen LogP contribution in [0.4, 0.5) is 5.69 Å². The molecule has 0 saturated heterocycles. The summed E-state index contributed by atoms with van der Waals surface area (Å²) in [6.45, 7) is 3.91. The van der Waals surface area contributed by atoms with E-state index < -0.39 is 0 Å². The van der Waals surface area contributed by atoms with Crippen molar-refractivity contribution in [2.45, 2.75) is 26.7 Å². The van der Waals surface area contributed by atoms with E-state index in [9.17, 15) is 4.79 Å². The van der Waals surface area contributed by atoms with Crippen molar-refractivity contribution in [2.75, 3.05) is 5.32 Å². The number of carbonyl (C=O) groups excluding carboxylic acids is 1. The monoisotopic (exact) mass is 310 g/mol. The van der Waals surface area contributed by atoms with Gasteiger partial charge in [0.1, 0.15) is 6.33 Å². The number of hydrogen-bond donors (Lipinski definition) is 3. The number of rotatable bonds is 5. The van der Waals surface area contributed by atoms with Crippen molar-refractivity contribution in [2.24, 2.45) is 0 Å². The summed E-state index contributed by atoms with van der Waals surface area (Å²) in [5.74, 6) is 0.644. The number of nitrogens with one attached hydrogen (secondary N) is 3. The quantitative estimate of drug-likeness (QED) is 0.673. The molecule has 2 heterocycles. The minimum atomic E-state index is -0.0280. The fraction of sp³-hybridized carbons (Fsp3) is 0.250. The van der Waals surface area contributed by atoms with Crippen LogP contribution in [0.15, 0.2) is 30.6 Å². The standard InChI is InChI=1S/C16H18N6O/c1-10-14(11(2)21-20-10)6-7-15(23)19-13-5-3-4-12(8-13)16-17-9-18-22-16/h3-5,8-9H,6-7H2,1-2H3,(H,19,23)(H,20,21)(H,17,18,22). The van der Waals surface area contributed by atoms with E-state index in [1.807, 2.05) is 38.1 Å². The van der Waals surface area contributed by atoms with Crippen molar-refractivity contribution in [3.8, 4) is 11.4 Å². The van der Waals surface area contributed by atoms with Gasteiger partial charge in [0.25, 0.3) is 0 Å². The number of hydrogen-bond acceptors (Lipinski definition) is 4. The van der Waals surface area contributed by atoms with Gasteiger partial charge in [-0.2, -0.15) is 10.2 Å². The summed E-state index contributed by atoms with van der Waals surface area (Å²) in [5.41, 5.74) is 4.69. The van der Waals surface area contributed by atoms with Crippen LogP contribution in [0, 0.1) is 13.8 Å². The van der Waals surface area contributed by atoms with Crippen molar-refractivity contribution in [3.05, 3.63) is 47.5 Å². The van der Waals surface area contributed by atoms with Crippen LogP contribution in [0.5, 0.6) is 0 Å². The molecule has 0 aliphatic heterocycles. The molecular weight excluding hydrogens is 292 g/mol. The molecular formula is C16H18N6O. The summed E-state index contributed by atoms with van der Waals surface area (Å²) < 4.78 is 0. The third-order valence-corrected chi connectivity index (χ3v) is 3.72. The zero-order valence-corrected chi connectivity index (χ0v) is 13.1. The van der Waals surface area contributed by atoms with Crippen LogP contribution < -0.4 is 5.32 Å². The van der Waals surface area contributed by atoms with E-state index in [1.54, 1.807) is 0 Å². The Hall–Kier alpha value is -2.96. The second-order valence-electron chi connectivity index (χ2n) is 5.38. The highest BCUT2D eigenvalue weighted by atomic mass is 16.1. The summed E-state index contributed by atoms with van der Waals surface area (Å²) in [5, 5.41) is 16.6. The van der Waals surface area contributed by atoms with E-state index in [0.717, 1.165) is 28.2 Å². The Labute approximate surface area is 133 Å². The fourth-order valence-corrected chi connectivity index (χ4v) is 2.49. The maximum Gasteiger partial charge on any atom is 0.224 e. The molecule has 0 saturated carbocycles. The minimum absolute atomic E-state index is 0.0280. The predicted molar refractivity (Wildman–Crippen MR) is 86.8 cm³/mol. The van der Waals surface area contributed by atoms with Crippen molar-refractivity contribution >= 4 is 11.6 Å². The second kappa shape index (κ2) is 6.43. The average Bonchev–Trinajstić information content (AvgIpc) is 3.17. The first-order chi connectivity index (χ1) is 11.1. The number of aromatic nitrogens is 5. The first kappa shape index (κ1) is 15.0. The van der Waals surface area contributed by atoms with Gasteiger partial charge in [0.15, 0.2) is 5.82 Å². The zero-order valence-electron chi connectivity index (χ0n) is 13.1. The number of nitrogens with zero attached hydrogens (tertiary/aromatic N) is 3. The van der Waals surface area contributed by atoms with Gasteiger partial charge in [-0.05, 0) is 38.0 Å². The highest BCUT2D eigenvalue weighted by Crippen LogP contribution is 2.19. The molecule has 3 rings (SSSR count). The van der Waals surface area contributed by atoms with Crippen LogP contribution in [0.3, 0.4) is 0 Å². The molecule has 0 aliphatic carbocycles. The first-order valence-corrected chi connectivity index (χ1v) is 7.39. The van der Waals surface area contributed by atoms with E-state index >= 15 is 0 Å². The summed E-state index contributed by atoms with van der Waals surface area (Å²) in [4.78, 5) is 16.3. The number of aromatic amines is 2. The number of amides is 1. The zero-order chi connectivity index (χ0) is 16.2. The molecule has 3 aromatic rings. The summed E-state index contributed by atoms with van der Waals surface area (Å²) in [7, 11) is 0. The fourth-order valence-electron chi connectivity index (χ4n) is 2.49. The molecule has 0 unspecified atom stereocenters. The first-order valence-electron chi connectivity index (χ1n) is 7.39. The van der Waals surface area contributed by atoms with Crippen molar-refractivity contribution < 1.29 is 4.79 Å². The van der Waals surface area contributed by atoms with Gasteiger partial charge in [-0.1, -0.05) is 12.1 Å². The lowest BCUT2D eigenvalue weighted by Gasteiger charge is -2.07. The summed E-state index contributed by atoms with van der Waals surface area (Å²) in [6, 6.07) is 7.51. The number of aryl methyl sites for hydroxylation is 2. The molecule has 0 fully saturated rings. The molecule has 1 aromatic carbocycles. The van der Waals surface area contributed by atoms with Crippen LogP contribution in [-0.4, -0.2) is 31.3 Å². The average molecular weight is 310 g/mol. The molecule has 2 aromatic heterocycles. The van der Waals surface area contributed by atoms with Gasteiger partial charge in [0, 0.05) is 23.4 Å². The third kappa shape index (κ3) is 3.45. The third-order valence-electron chi connectivity index (χ3n) is 3.72. The van der Waals surface area contributed by atoms with E-state index in [4.69, 9.17) is 0 Å². The van der Waals surface area contributed by atoms with E-state index in [1.165, 1.54) is 6.33 Å². The van der Waals surface area contributed by atoms with Gasteiger partial charge in [-0.25, -0.2) is 4.98 Å². The minimum Gasteiger partial charge on any atom is -0.326 e. The molecule has 23 heavy (non-hydrogen) atoms. The van der Waals surface area contributed by atoms with Gasteiger partial charge in [-0.3, -0.25) is 15.0 Å². The van der Waals surface area contributed by atoms with E-state index in [2.05, 4.69) is 30.7 Å². The van der Waals surface area contributed by atoms with Gasteiger partial charge >= 0.3 is 0 Å². The largest absolute Gasteiger partial charge is 0.326 e. The Kier molecular flexibility index (Phi) is 4.18. The Morgan fingerprint density at radius 2 is 2.13 bits per heavy atom. The van der Waals surface area contributed by atoms with E-state index in [0.29, 0.717) is 18.7 Å². The van der Waals surface area contributed by atoms with Gasteiger partial charge in [-0.15, -0.1) is 0 Å². The van der Waals surface area contributed by atoms with Crippen molar-refractivity contribution in [3.63, 3.8) is 0 Å². The lowest BCUT2D eigenvalue weighted by atomic mass is 10.1. The second-order valence-corrected chi connectivity index (χ2v) is 5.38. The van der Waals surface area contributed by atoms with Crippen LogP contribution in [0.1, 0.15) is 23.4 Å². The normalized spacial score (nSPS) is 10.7. The Morgan fingerprint density at radius 3 is 2.83 bits per heavy atom. The lowest BCUT2D eigenvalue weighted by Crippen LogP contribution is -2.12. The maximum atomic E-state index is 12.2. The summed E-state index contributed by atoms with van der Waals surface area (Å²) >= 11 is 0. The SMILES string of the molecule is Cc1n[nH]c(C)c1CCC(=O)Nc1cccc(-c2ncn[nH]2)c1. The number of carbonyl (C=O) groups is 1. The highest BCUT2D eigenvalue weighted by Gasteiger charge is 2.10. The molecule has 7 heteroatoms. The van der Waals surface area contributed by atoms with Crippen molar-refractivity contribution in [1.29, 1.82) is 0 Å². The van der Waals surface area contributed by atoms with Gasteiger partial charge in [0.2, 0.25) is 5.91 Å². The molecule has 0 spiro atoms. The Bertz CT molecular complexity index is 786. The summed E-state index contributed by atoms with van der Waals surface area (Å²) in [6.07, 6.45) is 2.53. The predicted octanol–water partition coefficient (Wildman–Crippen LogP) is 2.38. The molecule has 7 nitrogen and oxygen atoms in total. The van der Waals surface area contributed by atoms with Crippen molar-refractivity contribution in [1.82, 2.24) is 25.4 Å². The highest BCUT2D eigenvalue weighted by molar-refractivity contribution is 5.91. The Morgan fingerprint density at radius 1 is 1.26 bits per heavy atom. The van der Waals surface area contributed by atoms with Gasteiger partial charge < -0.3 is 5.32 Å². The number of benzene rings is 1. The number of anilines is 1. The Balaban J connectivity index is 1.63.